The van der Waals surface area contributed by atoms with E-state index in [0.29, 0.717) is 24.6 Å². The van der Waals surface area contributed by atoms with Crippen molar-refractivity contribution >= 4 is 17.7 Å². The number of amides is 3. The summed E-state index contributed by atoms with van der Waals surface area (Å²) in [5, 5.41) is 9.40. The third-order valence-corrected chi connectivity index (χ3v) is 5.73. The van der Waals surface area contributed by atoms with Crippen LogP contribution in [-0.4, -0.2) is 47.8 Å². The highest BCUT2D eigenvalue weighted by Gasteiger charge is 2.39. The Kier molecular flexibility index (Phi) is 5.22. The normalized spacial score (nSPS) is 25.9. The van der Waals surface area contributed by atoms with Gasteiger partial charge in [-0.15, -0.1) is 0 Å². The van der Waals surface area contributed by atoms with Gasteiger partial charge in [-0.3, -0.25) is 19.7 Å². The fourth-order valence-electron chi connectivity index (χ4n) is 4.19. The Labute approximate surface area is 158 Å². The summed E-state index contributed by atoms with van der Waals surface area (Å²) < 4.78 is 0. The Morgan fingerprint density at radius 2 is 2.04 bits per heavy atom. The van der Waals surface area contributed by atoms with Crippen molar-refractivity contribution in [2.24, 2.45) is 0 Å². The molecule has 7 nitrogen and oxygen atoms in total. The first kappa shape index (κ1) is 18.1. The summed E-state index contributed by atoms with van der Waals surface area (Å²) in [6, 6.07) is 5.84. The number of hydrogen-bond donors (Lipinski definition) is 3. The van der Waals surface area contributed by atoms with Gasteiger partial charge in [0, 0.05) is 37.7 Å². The van der Waals surface area contributed by atoms with Crippen LogP contribution in [0.25, 0.3) is 0 Å². The standard InChI is InChI=1S/C20H26N4O3/c25-18-7-6-17(19(26)23-18)24-12-14-9-13(4-5-16(14)20(24)27)10-22-15-3-1-2-8-21-11-15/h4-5,9,15,17,21-22H,1-3,6-8,10-12H2,(H,23,25,26)/t15-,17?/m0/s1. The van der Waals surface area contributed by atoms with Crippen LogP contribution >= 0.6 is 0 Å². The molecule has 2 atom stereocenters. The largest absolute Gasteiger partial charge is 0.322 e. The quantitative estimate of drug-likeness (QED) is 0.678. The van der Waals surface area contributed by atoms with Crippen LogP contribution in [0.2, 0.25) is 0 Å². The van der Waals surface area contributed by atoms with Gasteiger partial charge in [0.05, 0.1) is 0 Å². The van der Waals surface area contributed by atoms with Crippen molar-refractivity contribution in [3.8, 4) is 0 Å². The first-order chi connectivity index (χ1) is 13.1. The van der Waals surface area contributed by atoms with E-state index >= 15 is 0 Å². The van der Waals surface area contributed by atoms with Crippen LogP contribution in [0, 0.1) is 0 Å². The molecule has 3 amide bonds. The molecule has 0 radical (unpaired) electrons. The lowest BCUT2D eigenvalue weighted by atomic mass is 10.0. The zero-order valence-corrected chi connectivity index (χ0v) is 15.4. The Morgan fingerprint density at radius 1 is 1.15 bits per heavy atom. The molecule has 0 saturated carbocycles. The SMILES string of the molecule is O=C1CCC(N2Cc3cc(CN[C@H]4CCCCNC4)ccc3C2=O)C(=O)N1. The number of fused-ring (bicyclic) bond motifs is 1. The maximum absolute atomic E-state index is 12.7. The van der Waals surface area contributed by atoms with Gasteiger partial charge >= 0.3 is 0 Å². The molecular formula is C20H26N4O3. The summed E-state index contributed by atoms with van der Waals surface area (Å²) in [5.41, 5.74) is 2.78. The number of nitrogens with one attached hydrogen (secondary N) is 3. The molecule has 3 aliphatic rings. The summed E-state index contributed by atoms with van der Waals surface area (Å²) in [6.07, 6.45) is 4.33. The van der Waals surface area contributed by atoms with Gasteiger partial charge in [0.15, 0.2) is 0 Å². The Morgan fingerprint density at radius 3 is 2.89 bits per heavy atom. The van der Waals surface area contributed by atoms with E-state index in [-0.39, 0.29) is 24.1 Å². The molecule has 2 saturated heterocycles. The molecule has 0 spiro atoms. The third kappa shape index (κ3) is 3.89. The van der Waals surface area contributed by atoms with Crippen molar-refractivity contribution in [3.05, 3.63) is 34.9 Å². The van der Waals surface area contributed by atoms with Gasteiger partial charge in [0.1, 0.15) is 6.04 Å². The van der Waals surface area contributed by atoms with Gasteiger partial charge in [0.2, 0.25) is 11.8 Å². The van der Waals surface area contributed by atoms with Gasteiger partial charge in [-0.05, 0) is 43.0 Å². The number of piperidine rings is 1. The van der Waals surface area contributed by atoms with Crippen molar-refractivity contribution < 1.29 is 14.4 Å². The minimum absolute atomic E-state index is 0.119. The molecule has 27 heavy (non-hydrogen) atoms. The Bertz CT molecular complexity index is 756. The highest BCUT2D eigenvalue weighted by atomic mass is 16.2. The van der Waals surface area contributed by atoms with E-state index in [1.807, 2.05) is 12.1 Å². The van der Waals surface area contributed by atoms with Crippen LogP contribution < -0.4 is 16.0 Å². The van der Waals surface area contributed by atoms with E-state index in [0.717, 1.165) is 30.8 Å². The molecule has 7 heteroatoms. The van der Waals surface area contributed by atoms with Crippen molar-refractivity contribution in [1.29, 1.82) is 0 Å². The summed E-state index contributed by atoms with van der Waals surface area (Å²) in [5.74, 6) is -0.746. The predicted octanol–water partition coefficient (Wildman–Crippen LogP) is 0.679. The van der Waals surface area contributed by atoms with Gasteiger partial charge in [-0.2, -0.15) is 0 Å². The van der Waals surface area contributed by atoms with Crippen LogP contribution in [0.15, 0.2) is 18.2 Å². The zero-order valence-electron chi connectivity index (χ0n) is 15.4. The lowest BCUT2D eigenvalue weighted by Crippen LogP contribution is -2.52. The molecule has 1 aromatic carbocycles. The molecule has 0 aliphatic carbocycles. The lowest BCUT2D eigenvalue weighted by Gasteiger charge is -2.29. The number of carbonyl (C=O) groups is 3. The molecule has 3 heterocycles. The van der Waals surface area contributed by atoms with Crippen molar-refractivity contribution in [2.45, 2.75) is 57.3 Å². The number of imide groups is 1. The van der Waals surface area contributed by atoms with Crippen LogP contribution in [0.1, 0.15) is 53.6 Å². The topological polar surface area (TPSA) is 90.5 Å². The first-order valence-corrected chi connectivity index (χ1v) is 9.82. The monoisotopic (exact) mass is 370 g/mol. The molecule has 0 aromatic heterocycles. The first-order valence-electron chi connectivity index (χ1n) is 9.82. The molecule has 2 fully saturated rings. The minimum atomic E-state index is -0.554. The van der Waals surface area contributed by atoms with E-state index in [1.165, 1.54) is 19.3 Å². The van der Waals surface area contributed by atoms with Crippen LogP contribution in [0.4, 0.5) is 0 Å². The van der Waals surface area contributed by atoms with Gasteiger partial charge in [-0.1, -0.05) is 18.6 Å². The van der Waals surface area contributed by atoms with Crippen LogP contribution in [0.5, 0.6) is 0 Å². The van der Waals surface area contributed by atoms with E-state index in [9.17, 15) is 14.4 Å². The summed E-state index contributed by atoms with van der Waals surface area (Å²) in [4.78, 5) is 37.8. The van der Waals surface area contributed by atoms with Gasteiger partial charge < -0.3 is 15.5 Å². The zero-order chi connectivity index (χ0) is 18.8. The Hall–Kier alpha value is -2.25. The van der Waals surface area contributed by atoms with Crippen LogP contribution in [0.3, 0.4) is 0 Å². The third-order valence-electron chi connectivity index (χ3n) is 5.73. The maximum Gasteiger partial charge on any atom is 0.255 e. The maximum atomic E-state index is 12.7. The fraction of sp³-hybridized carbons (Fsp3) is 0.550. The summed E-state index contributed by atoms with van der Waals surface area (Å²) in [7, 11) is 0. The molecule has 4 rings (SSSR count). The highest BCUT2D eigenvalue weighted by molar-refractivity contribution is 6.05. The van der Waals surface area contributed by atoms with E-state index in [1.54, 1.807) is 4.90 Å². The molecule has 1 unspecified atom stereocenters. The smallest absolute Gasteiger partial charge is 0.255 e. The van der Waals surface area contributed by atoms with Crippen molar-refractivity contribution in [1.82, 2.24) is 20.9 Å². The second-order valence-electron chi connectivity index (χ2n) is 7.67. The number of carbonyl (C=O) groups excluding carboxylic acids is 3. The molecule has 144 valence electrons. The predicted molar refractivity (Wildman–Crippen MR) is 99.8 cm³/mol. The van der Waals surface area contributed by atoms with E-state index in [4.69, 9.17) is 0 Å². The number of hydrogen-bond acceptors (Lipinski definition) is 5. The second kappa shape index (κ2) is 7.78. The van der Waals surface area contributed by atoms with Gasteiger partial charge in [0.25, 0.3) is 5.91 Å². The number of benzene rings is 1. The molecular weight excluding hydrogens is 344 g/mol. The van der Waals surface area contributed by atoms with E-state index in [2.05, 4.69) is 22.0 Å². The summed E-state index contributed by atoms with van der Waals surface area (Å²) >= 11 is 0. The lowest BCUT2D eigenvalue weighted by molar-refractivity contribution is -0.136. The van der Waals surface area contributed by atoms with E-state index < -0.39 is 6.04 Å². The minimum Gasteiger partial charge on any atom is -0.322 e. The average molecular weight is 370 g/mol. The molecule has 1 aromatic rings. The number of nitrogens with zero attached hydrogens (tertiary/aromatic N) is 1. The number of rotatable bonds is 4. The second-order valence-corrected chi connectivity index (χ2v) is 7.67. The molecule has 0 bridgehead atoms. The fourth-order valence-corrected chi connectivity index (χ4v) is 4.19. The van der Waals surface area contributed by atoms with Crippen molar-refractivity contribution in [3.63, 3.8) is 0 Å². The van der Waals surface area contributed by atoms with Crippen molar-refractivity contribution in [2.75, 3.05) is 13.1 Å². The van der Waals surface area contributed by atoms with Gasteiger partial charge in [-0.25, -0.2) is 0 Å². The highest BCUT2D eigenvalue weighted by Crippen LogP contribution is 2.28. The average Bonchev–Trinajstić information content (AvgIpc) is 2.83. The Balaban J connectivity index is 1.41. The molecule has 3 aliphatic heterocycles. The summed E-state index contributed by atoms with van der Waals surface area (Å²) in [6.45, 7) is 3.29. The molecule has 3 N–H and O–H groups in total. The van der Waals surface area contributed by atoms with Crippen LogP contribution in [-0.2, 0) is 22.7 Å².